The number of hydrogen-bond acceptors (Lipinski definition) is 3. The number of allylic oxidation sites excluding steroid dienone is 2. The summed E-state index contributed by atoms with van der Waals surface area (Å²) in [5.41, 5.74) is 8.67. The molecule has 1 aliphatic heterocycles. The predicted molar refractivity (Wildman–Crippen MR) is 156 cm³/mol. The number of nitrogens with zero attached hydrogens (tertiary/aromatic N) is 2. The van der Waals surface area contributed by atoms with Gasteiger partial charge in [0.05, 0.1) is 22.1 Å². The monoisotopic (exact) mass is 491 g/mol. The maximum Gasteiger partial charge on any atom is 0.201 e. The van der Waals surface area contributed by atoms with Gasteiger partial charge in [-0.2, -0.15) is 0 Å². The number of rotatable bonds is 3. The molecule has 2 aliphatic rings. The molecule has 0 saturated heterocycles. The highest BCUT2D eigenvalue weighted by atomic mass is 16.3. The summed E-state index contributed by atoms with van der Waals surface area (Å²) in [6.07, 6.45) is 8.26. The van der Waals surface area contributed by atoms with Gasteiger partial charge in [-0.05, 0) is 41.8 Å². The zero-order chi connectivity index (χ0) is 25.1. The van der Waals surface area contributed by atoms with Crippen LogP contribution in [0, 0.1) is 0 Å². The fourth-order valence-electron chi connectivity index (χ4n) is 5.94. The first-order chi connectivity index (χ1) is 18.8. The molecule has 1 unspecified atom stereocenters. The van der Waals surface area contributed by atoms with Gasteiger partial charge in [0, 0.05) is 28.5 Å². The van der Waals surface area contributed by atoms with E-state index in [4.69, 9.17) is 9.41 Å². The predicted octanol–water partition coefficient (Wildman–Crippen LogP) is 8.09. The van der Waals surface area contributed by atoms with E-state index in [0.29, 0.717) is 0 Å². The smallest absolute Gasteiger partial charge is 0.201 e. The van der Waals surface area contributed by atoms with Crippen LogP contribution >= 0.6 is 0 Å². The number of nitrogens with one attached hydrogen (secondary N) is 1. The van der Waals surface area contributed by atoms with Crippen molar-refractivity contribution in [3.63, 3.8) is 0 Å². The third kappa shape index (κ3) is 3.20. The van der Waals surface area contributed by atoms with Crippen molar-refractivity contribution in [3.8, 4) is 0 Å². The summed E-state index contributed by atoms with van der Waals surface area (Å²) in [5, 5.41) is 7.26. The fraction of sp³-hybridized carbons (Fsp3) is 0.0882. The van der Waals surface area contributed by atoms with Gasteiger partial charge in [-0.15, -0.1) is 0 Å². The molecule has 4 aromatic carbocycles. The van der Waals surface area contributed by atoms with E-state index in [0.717, 1.165) is 63.1 Å². The second-order valence-electron chi connectivity index (χ2n) is 9.93. The van der Waals surface area contributed by atoms with E-state index in [1.807, 2.05) is 12.1 Å². The van der Waals surface area contributed by atoms with Crippen LogP contribution in [0.4, 0.5) is 0 Å². The summed E-state index contributed by atoms with van der Waals surface area (Å²) in [6, 6.07) is 33.9. The van der Waals surface area contributed by atoms with Crippen molar-refractivity contribution in [1.82, 2.24) is 9.88 Å². The summed E-state index contributed by atoms with van der Waals surface area (Å²) in [5.74, 6) is 1.08. The number of para-hydroxylation sites is 1. The number of fused-ring (bicyclic) bond motifs is 7. The van der Waals surface area contributed by atoms with Crippen LogP contribution < -0.4 is 5.32 Å². The summed E-state index contributed by atoms with van der Waals surface area (Å²) < 4.78 is 8.88. The Labute approximate surface area is 220 Å². The second-order valence-corrected chi connectivity index (χ2v) is 9.93. The van der Waals surface area contributed by atoms with E-state index in [9.17, 15) is 0 Å². The number of aliphatic imine (C=N–C) groups is 1. The van der Waals surface area contributed by atoms with Crippen molar-refractivity contribution in [2.75, 3.05) is 0 Å². The van der Waals surface area contributed by atoms with Crippen molar-refractivity contribution in [2.24, 2.45) is 4.99 Å². The summed E-state index contributed by atoms with van der Waals surface area (Å²) in [7, 11) is 0. The third-order valence-electron chi connectivity index (χ3n) is 7.69. The van der Waals surface area contributed by atoms with Crippen LogP contribution in [-0.2, 0) is 6.42 Å². The first-order valence-corrected chi connectivity index (χ1v) is 13.2. The van der Waals surface area contributed by atoms with Crippen LogP contribution in [0.15, 0.2) is 119 Å². The topological polar surface area (TPSA) is 42.5 Å². The average molecular weight is 492 g/mol. The Bertz CT molecular complexity index is 1940. The molecular weight excluding hydrogens is 466 g/mol. The standard InChI is InChI=1S/C34H25N3O/c1-3-11-22(12-4-1)27-21-28(23-13-5-2-6-14-23)36-34(35-27)37-29-17-9-7-16-26(29)32-30(37)20-19-25-24-15-8-10-18-31(24)38-33(25)32/h1-9,11-17,19-21,34-35H,10,18H2. The van der Waals surface area contributed by atoms with Gasteiger partial charge in [0.2, 0.25) is 6.29 Å². The van der Waals surface area contributed by atoms with Crippen molar-refractivity contribution >= 4 is 50.3 Å². The molecule has 1 N–H and O–H groups in total. The molecule has 6 aromatic rings. The maximum absolute atomic E-state index is 6.56. The molecular formula is C34H25N3O. The van der Waals surface area contributed by atoms with Gasteiger partial charge < -0.3 is 14.3 Å². The Hall–Kier alpha value is -4.83. The van der Waals surface area contributed by atoms with Crippen molar-refractivity contribution in [3.05, 3.63) is 132 Å². The number of aromatic nitrogens is 1. The SMILES string of the molecule is C1=Cc2c(oc3c2ccc2c3c3ccccc3n2C2N=C(c3ccccc3)C=C(c3ccccc3)N2)CC1. The Morgan fingerprint density at radius 1 is 0.763 bits per heavy atom. The van der Waals surface area contributed by atoms with Gasteiger partial charge in [-0.1, -0.05) is 91.0 Å². The highest BCUT2D eigenvalue weighted by Crippen LogP contribution is 2.41. The lowest BCUT2D eigenvalue weighted by Gasteiger charge is -2.27. The van der Waals surface area contributed by atoms with Crippen LogP contribution in [-0.4, -0.2) is 10.3 Å². The highest BCUT2D eigenvalue weighted by molar-refractivity contribution is 6.20. The molecule has 0 fully saturated rings. The average Bonchev–Trinajstić information content (AvgIpc) is 3.53. The lowest BCUT2D eigenvalue weighted by molar-refractivity contribution is 0.508. The third-order valence-corrected chi connectivity index (χ3v) is 7.69. The number of furan rings is 1. The Morgan fingerprint density at radius 2 is 1.53 bits per heavy atom. The lowest BCUT2D eigenvalue weighted by Crippen LogP contribution is -2.29. The Kier molecular flexibility index (Phi) is 4.68. The molecule has 4 heteroatoms. The Balaban J connectivity index is 1.39. The second kappa shape index (κ2) is 8.35. The molecule has 3 heterocycles. The Morgan fingerprint density at radius 3 is 2.37 bits per heavy atom. The molecule has 1 aliphatic carbocycles. The minimum atomic E-state index is -0.324. The maximum atomic E-state index is 6.56. The fourth-order valence-corrected chi connectivity index (χ4v) is 5.94. The van der Waals surface area contributed by atoms with Gasteiger partial charge in [-0.3, -0.25) is 0 Å². The van der Waals surface area contributed by atoms with Gasteiger partial charge >= 0.3 is 0 Å². The van der Waals surface area contributed by atoms with Crippen molar-refractivity contribution < 1.29 is 4.42 Å². The van der Waals surface area contributed by atoms with Crippen molar-refractivity contribution in [1.29, 1.82) is 0 Å². The quantitative estimate of drug-likeness (QED) is 0.272. The number of hydrogen-bond donors (Lipinski definition) is 1. The van der Waals surface area contributed by atoms with Crippen LogP contribution in [0.1, 0.15) is 35.2 Å². The molecule has 2 aromatic heterocycles. The molecule has 1 atom stereocenters. The molecule has 8 rings (SSSR count). The van der Waals surface area contributed by atoms with Crippen LogP contribution in [0.5, 0.6) is 0 Å². The molecule has 0 bridgehead atoms. The van der Waals surface area contributed by atoms with Crippen LogP contribution in [0.2, 0.25) is 0 Å². The number of aryl methyl sites for hydroxylation is 1. The van der Waals surface area contributed by atoms with E-state index >= 15 is 0 Å². The normalized spacial score (nSPS) is 16.9. The molecule has 0 radical (unpaired) electrons. The first kappa shape index (κ1) is 21.3. The van der Waals surface area contributed by atoms with E-state index in [1.165, 1.54) is 16.3 Å². The van der Waals surface area contributed by atoms with Crippen LogP contribution in [0.3, 0.4) is 0 Å². The van der Waals surface area contributed by atoms with E-state index in [2.05, 4.69) is 113 Å². The molecule has 0 amide bonds. The summed E-state index contributed by atoms with van der Waals surface area (Å²) in [6.45, 7) is 0. The minimum absolute atomic E-state index is 0.324. The zero-order valence-corrected chi connectivity index (χ0v) is 20.8. The van der Waals surface area contributed by atoms with E-state index in [-0.39, 0.29) is 6.29 Å². The zero-order valence-electron chi connectivity index (χ0n) is 20.8. The highest BCUT2D eigenvalue weighted by Gasteiger charge is 2.26. The van der Waals surface area contributed by atoms with Gasteiger partial charge in [0.25, 0.3) is 0 Å². The van der Waals surface area contributed by atoms with E-state index < -0.39 is 0 Å². The summed E-state index contributed by atoms with van der Waals surface area (Å²) >= 11 is 0. The van der Waals surface area contributed by atoms with Crippen LogP contribution in [0.25, 0.3) is 44.5 Å². The first-order valence-electron chi connectivity index (χ1n) is 13.2. The molecule has 0 spiro atoms. The van der Waals surface area contributed by atoms with E-state index in [1.54, 1.807) is 0 Å². The van der Waals surface area contributed by atoms with Gasteiger partial charge in [-0.25, -0.2) is 4.99 Å². The minimum Gasteiger partial charge on any atom is -0.460 e. The largest absolute Gasteiger partial charge is 0.460 e. The lowest BCUT2D eigenvalue weighted by atomic mass is 10.0. The molecule has 4 nitrogen and oxygen atoms in total. The molecule has 0 saturated carbocycles. The van der Waals surface area contributed by atoms with Gasteiger partial charge in [0.15, 0.2) is 0 Å². The molecule has 38 heavy (non-hydrogen) atoms. The summed E-state index contributed by atoms with van der Waals surface area (Å²) in [4.78, 5) is 5.27. The van der Waals surface area contributed by atoms with Crippen molar-refractivity contribution in [2.45, 2.75) is 19.1 Å². The number of benzene rings is 4. The van der Waals surface area contributed by atoms with Gasteiger partial charge in [0.1, 0.15) is 11.3 Å². The molecule has 182 valence electrons.